The molecule has 0 aliphatic carbocycles. The first kappa shape index (κ1) is 22.5. The van der Waals surface area contributed by atoms with Gasteiger partial charge in [0.25, 0.3) is 5.91 Å². The number of carbonyl (C=O) groups excluding carboxylic acids is 1. The molecule has 0 aromatic heterocycles. The molecule has 1 fully saturated rings. The fraction of sp³-hybridized carbons (Fsp3) is 0.185. The topological polar surface area (TPSA) is 74.8 Å². The minimum Gasteiger partial charge on any atom is -0.489 e. The molecule has 0 bridgehead atoms. The summed E-state index contributed by atoms with van der Waals surface area (Å²) in [6, 6.07) is 25.9. The Hall–Kier alpha value is -3.74. The molecule has 3 N–H and O–H groups in total. The van der Waals surface area contributed by atoms with Gasteiger partial charge >= 0.3 is 0 Å². The van der Waals surface area contributed by atoms with Gasteiger partial charge in [0, 0.05) is 12.3 Å². The summed E-state index contributed by atoms with van der Waals surface area (Å²) in [6.07, 6.45) is 5.92. The number of carbonyl (C=O) groups is 1. The third-order valence-corrected chi connectivity index (χ3v) is 5.45. The molecule has 6 heteroatoms. The molecule has 2 unspecified atom stereocenters. The number of allylic oxidation sites excluding steroid dienone is 1. The summed E-state index contributed by atoms with van der Waals surface area (Å²) in [4.78, 5) is 12.4. The molecule has 4 rings (SSSR count). The second-order valence-electron chi connectivity index (χ2n) is 8.00. The minimum absolute atomic E-state index is 0.0360. The molecule has 168 valence electrons. The lowest BCUT2D eigenvalue weighted by Gasteiger charge is -2.11. The van der Waals surface area contributed by atoms with Gasteiger partial charge in [-0.3, -0.25) is 4.79 Å². The van der Waals surface area contributed by atoms with Gasteiger partial charge in [-0.25, -0.2) is 16.3 Å². The zero-order valence-electron chi connectivity index (χ0n) is 18.6. The van der Waals surface area contributed by atoms with E-state index in [0.29, 0.717) is 13.0 Å². The maximum absolute atomic E-state index is 12.4. The maximum Gasteiger partial charge on any atom is 0.258 e. The highest BCUT2D eigenvalue weighted by Crippen LogP contribution is 2.24. The van der Waals surface area contributed by atoms with Gasteiger partial charge in [0.05, 0.1) is 0 Å². The van der Waals surface area contributed by atoms with E-state index in [1.165, 1.54) is 5.56 Å². The Kier molecular flexibility index (Phi) is 7.64. The number of hydrogen-bond donors (Lipinski definition) is 3. The fourth-order valence-corrected chi connectivity index (χ4v) is 3.53. The van der Waals surface area contributed by atoms with Crippen molar-refractivity contribution in [3.05, 3.63) is 107 Å². The Morgan fingerprint density at radius 2 is 1.79 bits per heavy atom. The van der Waals surface area contributed by atoms with Crippen molar-refractivity contribution in [2.75, 3.05) is 0 Å². The maximum atomic E-state index is 12.4. The Bertz CT molecular complexity index is 1090. The average molecular weight is 441 g/mol. The summed E-state index contributed by atoms with van der Waals surface area (Å²) >= 11 is 0. The van der Waals surface area contributed by atoms with Gasteiger partial charge in [-0.05, 0) is 48.2 Å². The van der Waals surface area contributed by atoms with Crippen molar-refractivity contribution in [1.29, 1.82) is 0 Å². The second kappa shape index (κ2) is 11.2. The van der Waals surface area contributed by atoms with Gasteiger partial charge in [0.1, 0.15) is 18.4 Å². The predicted molar refractivity (Wildman–Crippen MR) is 131 cm³/mol. The summed E-state index contributed by atoms with van der Waals surface area (Å²) in [5.41, 5.74) is 13.4. The molecule has 0 spiro atoms. The normalized spacial score (nSPS) is 18.1. The zero-order valence-corrected chi connectivity index (χ0v) is 18.6. The Morgan fingerprint density at radius 3 is 2.55 bits per heavy atom. The summed E-state index contributed by atoms with van der Waals surface area (Å²) in [7, 11) is 0. The first-order chi connectivity index (χ1) is 16.2. The number of nitrogens with one attached hydrogen (secondary N) is 3. The van der Waals surface area contributed by atoms with Crippen LogP contribution in [0.2, 0.25) is 0 Å². The molecule has 3 aromatic carbocycles. The molecular weight excluding hydrogens is 412 g/mol. The van der Waals surface area contributed by atoms with Gasteiger partial charge in [-0.1, -0.05) is 78.4 Å². The number of hydrazone groups is 1. The highest BCUT2D eigenvalue weighted by molar-refractivity contribution is 5.84. The van der Waals surface area contributed by atoms with E-state index in [0.717, 1.165) is 22.4 Å². The standard InChI is InChI=1S/C27H28N4O2/c1-20-9-11-22(12-10-20)19-33-24-15-13-23(14-16-24)25-18-26(30-29-25)27(32)31-28-17-5-8-21-6-3-2-4-7-21/h2-17,25-26,29-30H,18-19H2,1H3,(H,31,32)/b8-5+,28-17+. The summed E-state index contributed by atoms with van der Waals surface area (Å²) in [5, 5.41) is 3.99. The number of benzene rings is 3. The Morgan fingerprint density at radius 1 is 1.03 bits per heavy atom. The molecule has 2 atom stereocenters. The van der Waals surface area contributed by atoms with Crippen LogP contribution < -0.4 is 21.0 Å². The van der Waals surface area contributed by atoms with E-state index in [-0.39, 0.29) is 18.0 Å². The molecule has 6 nitrogen and oxygen atoms in total. The summed E-state index contributed by atoms with van der Waals surface area (Å²) < 4.78 is 5.88. The van der Waals surface area contributed by atoms with Crippen LogP contribution in [0.15, 0.2) is 90.0 Å². The van der Waals surface area contributed by atoms with Crippen LogP contribution in [-0.2, 0) is 11.4 Å². The minimum atomic E-state index is -0.359. The van der Waals surface area contributed by atoms with Crippen LogP contribution in [-0.4, -0.2) is 18.2 Å². The van der Waals surface area contributed by atoms with Crippen LogP contribution in [0.1, 0.15) is 34.7 Å². The molecule has 33 heavy (non-hydrogen) atoms. The fourth-order valence-electron chi connectivity index (χ4n) is 3.53. The highest BCUT2D eigenvalue weighted by Gasteiger charge is 2.29. The lowest BCUT2D eigenvalue weighted by atomic mass is 10.0. The van der Waals surface area contributed by atoms with Crippen LogP contribution in [0, 0.1) is 6.92 Å². The van der Waals surface area contributed by atoms with Gasteiger partial charge in [-0.15, -0.1) is 0 Å². The van der Waals surface area contributed by atoms with E-state index < -0.39 is 0 Å². The zero-order chi connectivity index (χ0) is 22.9. The molecule has 1 aliphatic heterocycles. The van der Waals surface area contributed by atoms with Gasteiger partial charge in [-0.2, -0.15) is 5.10 Å². The third-order valence-electron chi connectivity index (χ3n) is 5.45. The largest absolute Gasteiger partial charge is 0.489 e. The molecule has 1 aliphatic rings. The summed E-state index contributed by atoms with van der Waals surface area (Å²) in [5.74, 6) is 0.643. The third kappa shape index (κ3) is 6.62. The Labute approximate surface area is 194 Å². The second-order valence-corrected chi connectivity index (χ2v) is 8.00. The highest BCUT2D eigenvalue weighted by atomic mass is 16.5. The van der Waals surface area contributed by atoms with Crippen molar-refractivity contribution in [2.45, 2.75) is 32.0 Å². The number of rotatable bonds is 8. The van der Waals surface area contributed by atoms with Crippen LogP contribution in [0.5, 0.6) is 5.75 Å². The quantitative estimate of drug-likeness (QED) is 0.361. The van der Waals surface area contributed by atoms with Crippen LogP contribution in [0.4, 0.5) is 0 Å². The molecular formula is C27H28N4O2. The number of amides is 1. The van der Waals surface area contributed by atoms with Crippen molar-refractivity contribution < 1.29 is 9.53 Å². The van der Waals surface area contributed by atoms with E-state index in [9.17, 15) is 4.79 Å². The molecule has 3 aromatic rings. The van der Waals surface area contributed by atoms with Crippen molar-refractivity contribution in [2.24, 2.45) is 5.10 Å². The summed E-state index contributed by atoms with van der Waals surface area (Å²) in [6.45, 7) is 2.60. The van der Waals surface area contributed by atoms with Crippen LogP contribution in [0.3, 0.4) is 0 Å². The van der Waals surface area contributed by atoms with Crippen molar-refractivity contribution in [3.63, 3.8) is 0 Å². The van der Waals surface area contributed by atoms with Crippen LogP contribution >= 0.6 is 0 Å². The molecule has 0 saturated carbocycles. The van der Waals surface area contributed by atoms with E-state index in [2.05, 4.69) is 52.6 Å². The van der Waals surface area contributed by atoms with E-state index in [1.54, 1.807) is 12.3 Å². The lowest BCUT2D eigenvalue weighted by Crippen LogP contribution is -2.41. The van der Waals surface area contributed by atoms with E-state index in [1.807, 2.05) is 60.7 Å². The number of hydrazine groups is 1. The lowest BCUT2D eigenvalue weighted by molar-refractivity contribution is -0.122. The van der Waals surface area contributed by atoms with E-state index >= 15 is 0 Å². The number of ether oxygens (including phenoxy) is 1. The number of nitrogens with zero attached hydrogens (tertiary/aromatic N) is 1. The van der Waals surface area contributed by atoms with Gasteiger partial charge in [0.15, 0.2) is 0 Å². The number of hydrogen-bond acceptors (Lipinski definition) is 5. The van der Waals surface area contributed by atoms with Crippen molar-refractivity contribution in [1.82, 2.24) is 16.3 Å². The SMILES string of the molecule is Cc1ccc(COc2ccc(C3CC(C(=O)N/N=C/C=C/c4ccccc4)NN3)cc2)cc1. The van der Waals surface area contributed by atoms with E-state index in [4.69, 9.17) is 4.74 Å². The average Bonchev–Trinajstić information content (AvgIpc) is 3.35. The predicted octanol–water partition coefficient (Wildman–Crippen LogP) is 4.30. The first-order valence-electron chi connectivity index (χ1n) is 11.0. The number of aryl methyl sites for hydroxylation is 1. The van der Waals surface area contributed by atoms with Gasteiger partial charge < -0.3 is 4.74 Å². The monoisotopic (exact) mass is 440 g/mol. The van der Waals surface area contributed by atoms with Crippen molar-refractivity contribution in [3.8, 4) is 5.75 Å². The smallest absolute Gasteiger partial charge is 0.258 e. The Balaban J connectivity index is 1.22. The van der Waals surface area contributed by atoms with Gasteiger partial charge in [0.2, 0.25) is 0 Å². The molecule has 0 radical (unpaired) electrons. The first-order valence-corrected chi connectivity index (χ1v) is 11.0. The molecule has 1 heterocycles. The molecule has 1 saturated heterocycles. The molecule has 1 amide bonds. The van der Waals surface area contributed by atoms with Crippen LogP contribution in [0.25, 0.3) is 6.08 Å². The van der Waals surface area contributed by atoms with Crippen molar-refractivity contribution >= 4 is 18.2 Å².